The lowest BCUT2D eigenvalue weighted by atomic mass is 9.89. The fraction of sp³-hybridized carbons (Fsp3) is 0.400. The lowest BCUT2D eigenvalue weighted by Crippen LogP contribution is -2.21. The van der Waals surface area contributed by atoms with Crippen molar-refractivity contribution in [2.75, 3.05) is 0 Å². The van der Waals surface area contributed by atoms with Gasteiger partial charge in [0.25, 0.3) is 0 Å². The Morgan fingerprint density at radius 1 is 1.26 bits per heavy atom. The number of aromatic nitrogens is 1. The standard InChI is InChI=1S/C15H17BrClNO/c1-8(2)12-11-7-9(16)5-6-10(11)14(17)18-13(12)15(3,4)19/h5-8,19H,1-4H3. The molecule has 0 unspecified atom stereocenters. The van der Waals surface area contributed by atoms with E-state index in [0.717, 1.165) is 20.8 Å². The molecule has 0 spiro atoms. The summed E-state index contributed by atoms with van der Waals surface area (Å²) in [6.45, 7) is 7.67. The fourth-order valence-corrected chi connectivity index (χ4v) is 2.93. The number of nitrogens with zero attached hydrogens (tertiary/aromatic N) is 1. The minimum atomic E-state index is -1.01. The molecule has 0 amide bonds. The van der Waals surface area contributed by atoms with Crippen LogP contribution in [0.2, 0.25) is 5.15 Å². The number of hydrogen-bond donors (Lipinski definition) is 1. The average molecular weight is 343 g/mol. The molecule has 4 heteroatoms. The van der Waals surface area contributed by atoms with Crippen molar-refractivity contribution < 1.29 is 5.11 Å². The lowest BCUT2D eigenvalue weighted by molar-refractivity contribution is 0.0727. The summed E-state index contributed by atoms with van der Waals surface area (Å²) >= 11 is 9.75. The van der Waals surface area contributed by atoms with E-state index in [-0.39, 0.29) is 5.92 Å². The zero-order valence-corrected chi connectivity index (χ0v) is 13.8. The Bertz CT molecular complexity index is 632. The van der Waals surface area contributed by atoms with Crippen LogP contribution in [-0.4, -0.2) is 10.1 Å². The molecule has 0 aliphatic carbocycles. The zero-order chi connectivity index (χ0) is 14.4. The SMILES string of the molecule is CC(C)c1c(C(C)(C)O)nc(Cl)c2ccc(Br)cc12. The van der Waals surface area contributed by atoms with Crippen molar-refractivity contribution in [1.29, 1.82) is 0 Å². The van der Waals surface area contributed by atoms with Crippen LogP contribution in [0.25, 0.3) is 10.8 Å². The van der Waals surface area contributed by atoms with Crippen molar-refractivity contribution in [2.24, 2.45) is 0 Å². The highest BCUT2D eigenvalue weighted by Gasteiger charge is 2.26. The summed E-state index contributed by atoms with van der Waals surface area (Å²) in [6.07, 6.45) is 0. The largest absolute Gasteiger partial charge is 0.384 e. The second-order valence-corrected chi connectivity index (χ2v) is 6.84. The molecule has 0 atom stereocenters. The van der Waals surface area contributed by atoms with Gasteiger partial charge in [0.1, 0.15) is 10.8 Å². The van der Waals surface area contributed by atoms with Gasteiger partial charge in [0, 0.05) is 9.86 Å². The van der Waals surface area contributed by atoms with Gasteiger partial charge in [-0.15, -0.1) is 0 Å². The Hall–Kier alpha value is -0.640. The molecule has 1 aromatic carbocycles. The summed E-state index contributed by atoms with van der Waals surface area (Å²) < 4.78 is 0.992. The first-order chi connectivity index (χ1) is 8.71. The monoisotopic (exact) mass is 341 g/mol. The Morgan fingerprint density at radius 2 is 1.89 bits per heavy atom. The molecule has 2 nitrogen and oxygen atoms in total. The third kappa shape index (κ3) is 2.78. The maximum Gasteiger partial charge on any atom is 0.137 e. The Labute approximate surface area is 126 Å². The molecule has 0 bridgehead atoms. The number of hydrogen-bond acceptors (Lipinski definition) is 2. The van der Waals surface area contributed by atoms with Crippen LogP contribution in [-0.2, 0) is 5.60 Å². The van der Waals surface area contributed by atoms with Crippen molar-refractivity contribution in [3.63, 3.8) is 0 Å². The highest BCUT2D eigenvalue weighted by atomic mass is 79.9. The molecule has 19 heavy (non-hydrogen) atoms. The fourth-order valence-electron chi connectivity index (χ4n) is 2.32. The smallest absolute Gasteiger partial charge is 0.137 e. The molecule has 0 aliphatic heterocycles. The Morgan fingerprint density at radius 3 is 2.42 bits per heavy atom. The van der Waals surface area contributed by atoms with Crippen LogP contribution in [0.15, 0.2) is 22.7 Å². The molecule has 0 saturated heterocycles. The molecule has 1 aromatic heterocycles. The quantitative estimate of drug-likeness (QED) is 0.779. The number of aliphatic hydroxyl groups is 1. The third-order valence-corrected chi connectivity index (χ3v) is 3.90. The first kappa shape index (κ1) is 14.8. The predicted molar refractivity (Wildman–Crippen MR) is 83.8 cm³/mol. The lowest BCUT2D eigenvalue weighted by Gasteiger charge is -2.24. The van der Waals surface area contributed by atoms with Crippen molar-refractivity contribution in [3.8, 4) is 0 Å². The molecule has 102 valence electrons. The van der Waals surface area contributed by atoms with E-state index in [9.17, 15) is 5.11 Å². The predicted octanol–water partition coefficient (Wildman–Crippen LogP) is 5.00. The van der Waals surface area contributed by atoms with Crippen LogP contribution in [0, 0.1) is 0 Å². The molecule has 2 rings (SSSR count). The molecule has 0 fully saturated rings. The van der Waals surface area contributed by atoms with Gasteiger partial charge in [-0.3, -0.25) is 0 Å². The maximum atomic E-state index is 10.3. The summed E-state index contributed by atoms with van der Waals surface area (Å²) in [4.78, 5) is 4.42. The summed E-state index contributed by atoms with van der Waals surface area (Å²) in [7, 11) is 0. The van der Waals surface area contributed by atoms with Gasteiger partial charge in [-0.25, -0.2) is 4.98 Å². The van der Waals surface area contributed by atoms with Gasteiger partial charge in [0.15, 0.2) is 0 Å². The van der Waals surface area contributed by atoms with Crippen LogP contribution in [0.1, 0.15) is 44.9 Å². The molecule has 0 saturated carbocycles. The summed E-state index contributed by atoms with van der Waals surface area (Å²) in [5.41, 5.74) is 0.686. The molecular weight excluding hydrogens is 326 g/mol. The summed E-state index contributed by atoms with van der Waals surface area (Å²) in [5.74, 6) is 0.253. The first-order valence-corrected chi connectivity index (χ1v) is 7.40. The van der Waals surface area contributed by atoms with Crippen LogP contribution in [0.4, 0.5) is 0 Å². The van der Waals surface area contributed by atoms with Crippen LogP contribution < -0.4 is 0 Å². The van der Waals surface area contributed by atoms with E-state index in [0.29, 0.717) is 10.8 Å². The number of benzene rings is 1. The Balaban J connectivity index is 2.95. The molecule has 0 radical (unpaired) electrons. The number of pyridine rings is 1. The minimum Gasteiger partial charge on any atom is -0.384 e. The van der Waals surface area contributed by atoms with E-state index in [1.807, 2.05) is 18.2 Å². The van der Waals surface area contributed by atoms with Crippen molar-refractivity contribution in [2.45, 2.75) is 39.2 Å². The van der Waals surface area contributed by atoms with Gasteiger partial charge in [-0.05, 0) is 42.8 Å². The van der Waals surface area contributed by atoms with Crippen molar-refractivity contribution in [1.82, 2.24) is 4.98 Å². The molecule has 1 N–H and O–H groups in total. The van der Waals surface area contributed by atoms with Crippen LogP contribution in [0.5, 0.6) is 0 Å². The number of rotatable bonds is 2. The highest BCUT2D eigenvalue weighted by molar-refractivity contribution is 9.10. The third-order valence-electron chi connectivity index (χ3n) is 3.12. The summed E-state index contributed by atoms with van der Waals surface area (Å²) in [5, 5.41) is 12.7. The van der Waals surface area contributed by atoms with Crippen molar-refractivity contribution in [3.05, 3.63) is 39.1 Å². The van der Waals surface area contributed by atoms with Crippen LogP contribution in [0.3, 0.4) is 0 Å². The zero-order valence-electron chi connectivity index (χ0n) is 11.5. The second kappa shape index (κ2) is 5.04. The first-order valence-electron chi connectivity index (χ1n) is 6.23. The number of halogens is 2. The maximum absolute atomic E-state index is 10.3. The molecule has 0 aliphatic rings. The van der Waals surface area contributed by atoms with E-state index >= 15 is 0 Å². The van der Waals surface area contributed by atoms with Gasteiger partial charge < -0.3 is 5.11 Å². The van der Waals surface area contributed by atoms with Gasteiger partial charge >= 0.3 is 0 Å². The van der Waals surface area contributed by atoms with Gasteiger partial charge in [-0.2, -0.15) is 0 Å². The van der Waals surface area contributed by atoms with Crippen molar-refractivity contribution >= 4 is 38.3 Å². The van der Waals surface area contributed by atoms with Gasteiger partial charge in [-0.1, -0.05) is 47.4 Å². The van der Waals surface area contributed by atoms with E-state index < -0.39 is 5.60 Å². The van der Waals surface area contributed by atoms with E-state index in [1.54, 1.807) is 13.8 Å². The normalized spacial score (nSPS) is 12.4. The van der Waals surface area contributed by atoms with Crippen LogP contribution >= 0.6 is 27.5 Å². The average Bonchev–Trinajstić information content (AvgIpc) is 2.26. The molecule has 2 aromatic rings. The topological polar surface area (TPSA) is 33.1 Å². The van der Waals surface area contributed by atoms with E-state index in [4.69, 9.17) is 11.6 Å². The van der Waals surface area contributed by atoms with Gasteiger partial charge in [0.2, 0.25) is 0 Å². The summed E-state index contributed by atoms with van der Waals surface area (Å²) in [6, 6.07) is 5.94. The van der Waals surface area contributed by atoms with E-state index in [2.05, 4.69) is 34.8 Å². The minimum absolute atomic E-state index is 0.253. The van der Waals surface area contributed by atoms with Gasteiger partial charge in [0.05, 0.1) is 5.69 Å². The Kier molecular flexibility index (Phi) is 3.92. The number of fused-ring (bicyclic) bond motifs is 1. The molecule has 1 heterocycles. The van der Waals surface area contributed by atoms with E-state index in [1.165, 1.54) is 0 Å². The highest BCUT2D eigenvalue weighted by Crippen LogP contribution is 2.37. The second-order valence-electron chi connectivity index (χ2n) is 5.57. The molecular formula is C15H17BrClNO.